The molecule has 2 rings (SSSR count). The van der Waals surface area contributed by atoms with Crippen LogP contribution in [0.2, 0.25) is 0 Å². The van der Waals surface area contributed by atoms with E-state index in [1.54, 1.807) is 36.4 Å². The van der Waals surface area contributed by atoms with Gasteiger partial charge in [-0.05, 0) is 60.9 Å². The standard InChI is InChI=1S/C19H24N2O4S/c1-14(2)12-13-20-19(22)21-15-4-6-16(7-5-15)25-17-8-10-18(11-9-17)26(3,23)24/h4-11,14H,12-13H2,1-3H3,(H2,20,21,22). The molecule has 0 aliphatic heterocycles. The number of hydrogen-bond acceptors (Lipinski definition) is 4. The number of rotatable bonds is 7. The SMILES string of the molecule is CC(C)CCNC(=O)Nc1ccc(Oc2ccc(S(C)(=O)=O)cc2)cc1. The maximum absolute atomic E-state index is 11.8. The topological polar surface area (TPSA) is 84.5 Å². The van der Waals surface area contributed by atoms with Crippen LogP contribution in [-0.4, -0.2) is 27.2 Å². The molecule has 0 atom stereocenters. The van der Waals surface area contributed by atoms with Crippen molar-refractivity contribution < 1.29 is 17.9 Å². The minimum absolute atomic E-state index is 0.240. The fourth-order valence-corrected chi connectivity index (χ4v) is 2.78. The van der Waals surface area contributed by atoms with E-state index in [4.69, 9.17) is 4.74 Å². The van der Waals surface area contributed by atoms with Gasteiger partial charge in [0.2, 0.25) is 0 Å². The molecule has 0 saturated heterocycles. The van der Waals surface area contributed by atoms with Gasteiger partial charge in [0.25, 0.3) is 0 Å². The predicted molar refractivity (Wildman–Crippen MR) is 103 cm³/mol. The van der Waals surface area contributed by atoms with E-state index in [0.717, 1.165) is 12.7 Å². The third-order valence-electron chi connectivity index (χ3n) is 3.61. The first-order chi connectivity index (χ1) is 12.2. The number of carbonyl (C=O) groups excluding carboxylic acids is 1. The zero-order chi connectivity index (χ0) is 19.2. The normalized spacial score (nSPS) is 11.2. The Morgan fingerprint density at radius 3 is 2.04 bits per heavy atom. The third kappa shape index (κ3) is 6.40. The van der Waals surface area contributed by atoms with Gasteiger partial charge in [-0.25, -0.2) is 13.2 Å². The van der Waals surface area contributed by atoms with Gasteiger partial charge < -0.3 is 15.4 Å². The lowest BCUT2D eigenvalue weighted by atomic mass is 10.1. The molecule has 0 bridgehead atoms. The van der Waals surface area contributed by atoms with E-state index in [1.165, 1.54) is 12.1 Å². The first-order valence-electron chi connectivity index (χ1n) is 8.37. The average molecular weight is 376 g/mol. The van der Waals surface area contributed by atoms with Crippen LogP contribution in [0.15, 0.2) is 53.4 Å². The van der Waals surface area contributed by atoms with Crippen LogP contribution in [0.1, 0.15) is 20.3 Å². The molecule has 2 aromatic carbocycles. The van der Waals surface area contributed by atoms with Crippen molar-refractivity contribution in [1.29, 1.82) is 0 Å². The summed E-state index contributed by atoms with van der Waals surface area (Å²) in [5, 5.41) is 5.56. The zero-order valence-corrected chi connectivity index (χ0v) is 16.0. The van der Waals surface area contributed by atoms with E-state index in [2.05, 4.69) is 24.5 Å². The lowest BCUT2D eigenvalue weighted by Crippen LogP contribution is -2.30. The largest absolute Gasteiger partial charge is 0.457 e. The maximum Gasteiger partial charge on any atom is 0.319 e. The number of ether oxygens (including phenoxy) is 1. The average Bonchev–Trinajstić information content (AvgIpc) is 2.56. The van der Waals surface area contributed by atoms with Gasteiger partial charge in [0, 0.05) is 18.5 Å². The van der Waals surface area contributed by atoms with Crippen LogP contribution >= 0.6 is 0 Å². The van der Waals surface area contributed by atoms with Crippen LogP contribution in [0.5, 0.6) is 11.5 Å². The maximum atomic E-state index is 11.8. The minimum atomic E-state index is -3.22. The molecule has 0 saturated carbocycles. The Kier molecular flexibility index (Phi) is 6.63. The van der Waals surface area contributed by atoms with Crippen LogP contribution in [0.25, 0.3) is 0 Å². The number of carbonyl (C=O) groups is 1. The van der Waals surface area contributed by atoms with Crippen molar-refractivity contribution >= 4 is 21.6 Å². The van der Waals surface area contributed by atoms with Gasteiger partial charge in [-0.15, -0.1) is 0 Å². The summed E-state index contributed by atoms with van der Waals surface area (Å²) in [4.78, 5) is 12.0. The molecule has 2 N–H and O–H groups in total. The zero-order valence-electron chi connectivity index (χ0n) is 15.2. The molecule has 7 heteroatoms. The van der Waals surface area contributed by atoms with Gasteiger partial charge in [0.05, 0.1) is 4.90 Å². The van der Waals surface area contributed by atoms with Gasteiger partial charge in [0.1, 0.15) is 11.5 Å². The Bertz CT molecular complexity index is 829. The van der Waals surface area contributed by atoms with Crippen molar-refractivity contribution in [2.45, 2.75) is 25.2 Å². The fraction of sp³-hybridized carbons (Fsp3) is 0.316. The highest BCUT2D eigenvalue weighted by atomic mass is 32.2. The Morgan fingerprint density at radius 1 is 1.00 bits per heavy atom. The highest BCUT2D eigenvalue weighted by Gasteiger charge is 2.07. The van der Waals surface area contributed by atoms with Gasteiger partial charge in [-0.2, -0.15) is 0 Å². The summed E-state index contributed by atoms with van der Waals surface area (Å²) in [6, 6.07) is 12.9. The van der Waals surface area contributed by atoms with E-state index < -0.39 is 9.84 Å². The lowest BCUT2D eigenvalue weighted by Gasteiger charge is -2.10. The Morgan fingerprint density at radius 2 is 1.54 bits per heavy atom. The second kappa shape index (κ2) is 8.71. The second-order valence-corrected chi connectivity index (χ2v) is 8.45. The molecular formula is C19H24N2O4S. The summed E-state index contributed by atoms with van der Waals surface area (Å²) in [5.74, 6) is 1.66. The summed E-state index contributed by atoms with van der Waals surface area (Å²) in [5.41, 5.74) is 0.659. The highest BCUT2D eigenvalue weighted by Crippen LogP contribution is 2.24. The van der Waals surface area contributed by atoms with Crippen LogP contribution in [0, 0.1) is 5.92 Å². The van der Waals surface area contributed by atoms with Crippen molar-refractivity contribution in [1.82, 2.24) is 5.32 Å². The van der Waals surface area contributed by atoms with E-state index in [-0.39, 0.29) is 10.9 Å². The van der Waals surface area contributed by atoms with Crippen molar-refractivity contribution in [3.05, 3.63) is 48.5 Å². The molecule has 6 nitrogen and oxygen atoms in total. The molecule has 26 heavy (non-hydrogen) atoms. The molecular weight excluding hydrogens is 352 g/mol. The van der Waals surface area contributed by atoms with Crippen molar-refractivity contribution in [3.63, 3.8) is 0 Å². The third-order valence-corrected chi connectivity index (χ3v) is 4.74. The molecule has 0 spiro atoms. The van der Waals surface area contributed by atoms with Crippen molar-refractivity contribution in [2.75, 3.05) is 18.1 Å². The predicted octanol–water partition coefficient (Wildman–Crippen LogP) is 4.05. The fourth-order valence-electron chi connectivity index (χ4n) is 2.15. The van der Waals surface area contributed by atoms with E-state index >= 15 is 0 Å². The van der Waals surface area contributed by atoms with Crippen LogP contribution in [0.4, 0.5) is 10.5 Å². The number of anilines is 1. The number of sulfone groups is 1. The minimum Gasteiger partial charge on any atom is -0.457 e. The summed E-state index contributed by atoms with van der Waals surface area (Å²) >= 11 is 0. The first kappa shape index (κ1) is 19.8. The van der Waals surface area contributed by atoms with Crippen LogP contribution in [-0.2, 0) is 9.84 Å². The summed E-state index contributed by atoms with van der Waals surface area (Å²) < 4.78 is 28.6. The summed E-state index contributed by atoms with van der Waals surface area (Å²) in [6.45, 7) is 4.84. The van der Waals surface area contributed by atoms with Crippen LogP contribution < -0.4 is 15.4 Å². The molecule has 0 aliphatic rings. The molecule has 140 valence electrons. The number of nitrogens with one attached hydrogen (secondary N) is 2. The summed E-state index contributed by atoms with van der Waals surface area (Å²) in [6.07, 6.45) is 2.09. The van der Waals surface area contributed by atoms with Crippen LogP contribution in [0.3, 0.4) is 0 Å². The molecule has 0 radical (unpaired) electrons. The molecule has 0 fully saturated rings. The molecule has 2 aromatic rings. The van der Waals surface area contributed by atoms with Crippen molar-refractivity contribution in [2.24, 2.45) is 5.92 Å². The Hall–Kier alpha value is -2.54. The Balaban J connectivity index is 1.90. The smallest absolute Gasteiger partial charge is 0.319 e. The second-order valence-electron chi connectivity index (χ2n) is 6.43. The van der Waals surface area contributed by atoms with E-state index in [0.29, 0.717) is 29.6 Å². The quantitative estimate of drug-likeness (QED) is 0.763. The monoisotopic (exact) mass is 376 g/mol. The number of benzene rings is 2. The number of urea groups is 1. The van der Waals surface area contributed by atoms with Crippen molar-refractivity contribution in [3.8, 4) is 11.5 Å². The molecule has 0 aromatic heterocycles. The van der Waals surface area contributed by atoms with E-state index in [1.807, 2.05) is 0 Å². The molecule has 0 heterocycles. The molecule has 0 aliphatic carbocycles. The number of amides is 2. The van der Waals surface area contributed by atoms with E-state index in [9.17, 15) is 13.2 Å². The first-order valence-corrected chi connectivity index (χ1v) is 10.3. The molecule has 2 amide bonds. The highest BCUT2D eigenvalue weighted by molar-refractivity contribution is 7.90. The van der Waals surface area contributed by atoms with Gasteiger partial charge in [-0.3, -0.25) is 0 Å². The van der Waals surface area contributed by atoms with Gasteiger partial charge in [0.15, 0.2) is 9.84 Å². The number of hydrogen-bond donors (Lipinski definition) is 2. The lowest BCUT2D eigenvalue weighted by molar-refractivity contribution is 0.251. The van der Waals surface area contributed by atoms with Gasteiger partial charge >= 0.3 is 6.03 Å². The van der Waals surface area contributed by atoms with Gasteiger partial charge in [-0.1, -0.05) is 13.8 Å². The molecule has 0 unspecified atom stereocenters. The Labute approximate surface area is 154 Å². The summed E-state index contributed by atoms with van der Waals surface area (Å²) in [7, 11) is -3.22.